The topological polar surface area (TPSA) is 50.8 Å². The molecule has 0 unspecified atom stereocenters. The highest BCUT2D eigenvalue weighted by molar-refractivity contribution is 6.33. The van der Waals surface area contributed by atoms with Gasteiger partial charge in [-0.05, 0) is 19.1 Å². The van der Waals surface area contributed by atoms with Crippen molar-refractivity contribution >= 4 is 23.0 Å². The SMILES string of the molecule is C[C@@H](c1cccc([N+](=O)[O-])c1)[NH+]1CCN(c2ccccc2Cl)CC1. The molecule has 3 rings (SSSR count). The minimum absolute atomic E-state index is 0.161. The molecule has 126 valence electrons. The lowest BCUT2D eigenvalue weighted by molar-refractivity contribution is -0.930. The number of benzene rings is 2. The molecule has 1 saturated heterocycles. The van der Waals surface area contributed by atoms with Crippen LogP contribution in [0.4, 0.5) is 11.4 Å². The van der Waals surface area contributed by atoms with Gasteiger partial charge in [-0.25, -0.2) is 0 Å². The summed E-state index contributed by atoms with van der Waals surface area (Å²) in [6, 6.07) is 15.1. The highest BCUT2D eigenvalue weighted by atomic mass is 35.5. The number of halogens is 1. The Labute approximate surface area is 146 Å². The largest absolute Gasteiger partial charge is 0.359 e. The number of quaternary nitrogens is 1. The summed E-state index contributed by atoms with van der Waals surface area (Å²) in [5.41, 5.74) is 2.26. The van der Waals surface area contributed by atoms with E-state index in [0.717, 1.165) is 42.5 Å². The van der Waals surface area contributed by atoms with Gasteiger partial charge in [0, 0.05) is 17.7 Å². The minimum Gasteiger partial charge on any atom is -0.359 e. The number of hydrogen-bond acceptors (Lipinski definition) is 3. The third kappa shape index (κ3) is 3.52. The van der Waals surface area contributed by atoms with Crippen molar-refractivity contribution in [3.8, 4) is 0 Å². The average Bonchev–Trinajstić information content (AvgIpc) is 2.62. The van der Waals surface area contributed by atoms with E-state index in [1.165, 1.54) is 4.90 Å². The Balaban J connectivity index is 1.67. The normalized spacial score (nSPS) is 16.8. The van der Waals surface area contributed by atoms with Gasteiger partial charge in [0.15, 0.2) is 0 Å². The van der Waals surface area contributed by atoms with Crippen molar-refractivity contribution in [3.63, 3.8) is 0 Å². The number of nitro benzene ring substituents is 1. The van der Waals surface area contributed by atoms with E-state index < -0.39 is 0 Å². The Kier molecular flexibility index (Phi) is 5.02. The van der Waals surface area contributed by atoms with Crippen LogP contribution in [-0.2, 0) is 0 Å². The zero-order valence-electron chi connectivity index (χ0n) is 13.6. The summed E-state index contributed by atoms with van der Waals surface area (Å²) in [5.74, 6) is 0. The monoisotopic (exact) mass is 346 g/mol. The van der Waals surface area contributed by atoms with Crippen molar-refractivity contribution < 1.29 is 9.82 Å². The third-order valence-electron chi connectivity index (χ3n) is 4.79. The number of para-hydroxylation sites is 1. The highest BCUT2D eigenvalue weighted by Gasteiger charge is 2.27. The lowest BCUT2D eigenvalue weighted by Gasteiger charge is -2.37. The fourth-order valence-corrected chi connectivity index (χ4v) is 3.57. The van der Waals surface area contributed by atoms with Crippen LogP contribution in [0.3, 0.4) is 0 Å². The molecule has 0 aliphatic carbocycles. The van der Waals surface area contributed by atoms with Gasteiger partial charge in [0.05, 0.1) is 41.8 Å². The fourth-order valence-electron chi connectivity index (χ4n) is 3.32. The Morgan fingerprint density at radius 1 is 1.17 bits per heavy atom. The van der Waals surface area contributed by atoms with Crippen molar-refractivity contribution in [2.45, 2.75) is 13.0 Å². The molecule has 1 aliphatic rings. The summed E-state index contributed by atoms with van der Waals surface area (Å²) in [5, 5.41) is 11.7. The standard InChI is InChI=1S/C18H20ClN3O2/c1-14(15-5-4-6-16(13-15)22(23)24)20-9-11-21(12-10-20)18-8-3-2-7-17(18)19/h2-8,13-14H,9-12H2,1H3/p+1/t14-/m0/s1. The van der Waals surface area contributed by atoms with Crippen LogP contribution in [0, 0.1) is 10.1 Å². The fraction of sp³-hybridized carbons (Fsp3) is 0.333. The van der Waals surface area contributed by atoms with E-state index >= 15 is 0 Å². The smallest absolute Gasteiger partial charge is 0.269 e. The number of piperazine rings is 1. The number of rotatable bonds is 4. The molecule has 0 radical (unpaired) electrons. The maximum absolute atomic E-state index is 11.0. The average molecular weight is 347 g/mol. The molecule has 0 saturated carbocycles. The number of anilines is 1. The van der Waals surface area contributed by atoms with E-state index in [-0.39, 0.29) is 16.7 Å². The summed E-state index contributed by atoms with van der Waals surface area (Å²) < 4.78 is 0. The molecule has 2 aromatic rings. The molecule has 0 bridgehead atoms. The van der Waals surface area contributed by atoms with Crippen LogP contribution in [0.15, 0.2) is 48.5 Å². The molecule has 0 aromatic heterocycles. The van der Waals surface area contributed by atoms with Crippen molar-refractivity contribution in [1.29, 1.82) is 0 Å². The van der Waals surface area contributed by atoms with Crippen LogP contribution in [-0.4, -0.2) is 31.1 Å². The predicted molar refractivity (Wildman–Crippen MR) is 95.9 cm³/mol. The Bertz CT molecular complexity index is 730. The lowest BCUT2D eigenvalue weighted by atomic mass is 10.1. The minimum atomic E-state index is -0.332. The van der Waals surface area contributed by atoms with E-state index in [9.17, 15) is 10.1 Å². The number of nitro groups is 1. The van der Waals surface area contributed by atoms with E-state index in [1.54, 1.807) is 18.2 Å². The molecule has 2 aromatic carbocycles. The van der Waals surface area contributed by atoms with E-state index in [0.29, 0.717) is 0 Å². The zero-order chi connectivity index (χ0) is 17.1. The van der Waals surface area contributed by atoms with Crippen molar-refractivity contribution in [2.75, 3.05) is 31.1 Å². The summed E-state index contributed by atoms with van der Waals surface area (Å²) in [7, 11) is 0. The van der Waals surface area contributed by atoms with Crippen LogP contribution < -0.4 is 9.80 Å². The molecule has 6 heteroatoms. The molecule has 1 N–H and O–H groups in total. The van der Waals surface area contributed by atoms with Crippen LogP contribution in [0.2, 0.25) is 5.02 Å². The molecular formula is C18H21ClN3O2+. The Morgan fingerprint density at radius 2 is 1.88 bits per heavy atom. The first-order valence-corrected chi connectivity index (χ1v) is 8.52. The first kappa shape index (κ1) is 16.7. The van der Waals surface area contributed by atoms with Crippen LogP contribution in [0.1, 0.15) is 18.5 Å². The molecule has 0 spiro atoms. The number of non-ortho nitro benzene ring substituents is 1. The Morgan fingerprint density at radius 3 is 2.54 bits per heavy atom. The first-order valence-electron chi connectivity index (χ1n) is 8.14. The van der Waals surface area contributed by atoms with Gasteiger partial charge in [-0.2, -0.15) is 0 Å². The van der Waals surface area contributed by atoms with Crippen LogP contribution in [0.25, 0.3) is 0 Å². The van der Waals surface area contributed by atoms with E-state index in [4.69, 9.17) is 11.6 Å². The molecule has 1 heterocycles. The van der Waals surface area contributed by atoms with Gasteiger partial charge < -0.3 is 9.80 Å². The number of nitrogens with one attached hydrogen (secondary N) is 1. The summed E-state index contributed by atoms with van der Waals surface area (Å²) in [6.07, 6.45) is 0. The van der Waals surface area contributed by atoms with Gasteiger partial charge in [0.25, 0.3) is 5.69 Å². The van der Waals surface area contributed by atoms with E-state index in [2.05, 4.69) is 17.9 Å². The maximum Gasteiger partial charge on any atom is 0.269 e. The zero-order valence-corrected chi connectivity index (χ0v) is 14.4. The third-order valence-corrected chi connectivity index (χ3v) is 5.11. The first-order chi connectivity index (χ1) is 11.6. The van der Waals surface area contributed by atoms with Gasteiger partial charge in [-0.15, -0.1) is 0 Å². The lowest BCUT2D eigenvalue weighted by Crippen LogP contribution is -3.14. The van der Waals surface area contributed by atoms with Crippen molar-refractivity contribution in [3.05, 3.63) is 69.2 Å². The molecule has 0 amide bonds. The van der Waals surface area contributed by atoms with Crippen molar-refractivity contribution in [2.24, 2.45) is 0 Å². The quantitative estimate of drug-likeness (QED) is 0.684. The Hall–Kier alpha value is -2.11. The van der Waals surface area contributed by atoms with Gasteiger partial charge in [-0.1, -0.05) is 35.9 Å². The molecule has 5 nitrogen and oxygen atoms in total. The maximum atomic E-state index is 11.0. The molecule has 24 heavy (non-hydrogen) atoms. The van der Waals surface area contributed by atoms with Crippen LogP contribution >= 0.6 is 11.6 Å². The second-order valence-corrected chi connectivity index (χ2v) is 6.58. The van der Waals surface area contributed by atoms with Crippen molar-refractivity contribution in [1.82, 2.24) is 0 Å². The highest BCUT2D eigenvalue weighted by Crippen LogP contribution is 2.25. The van der Waals surface area contributed by atoms with Gasteiger partial charge >= 0.3 is 0 Å². The second kappa shape index (κ2) is 7.20. The summed E-state index contributed by atoms with van der Waals surface area (Å²) in [4.78, 5) is 14.4. The number of nitrogens with zero attached hydrogens (tertiary/aromatic N) is 2. The molecule has 1 fully saturated rings. The summed E-state index contributed by atoms with van der Waals surface area (Å²) >= 11 is 6.29. The molecular weight excluding hydrogens is 326 g/mol. The van der Waals surface area contributed by atoms with E-state index in [1.807, 2.05) is 24.3 Å². The predicted octanol–water partition coefficient (Wildman–Crippen LogP) is 2.71. The number of hydrogen-bond donors (Lipinski definition) is 1. The van der Waals surface area contributed by atoms with Gasteiger partial charge in [0.2, 0.25) is 0 Å². The summed E-state index contributed by atoms with van der Waals surface area (Å²) in [6.45, 7) is 5.96. The molecule has 1 atom stereocenters. The van der Waals surface area contributed by atoms with Gasteiger partial charge in [-0.3, -0.25) is 10.1 Å². The molecule has 1 aliphatic heterocycles. The second-order valence-electron chi connectivity index (χ2n) is 6.17. The van der Waals surface area contributed by atoms with Gasteiger partial charge in [0.1, 0.15) is 6.04 Å². The van der Waals surface area contributed by atoms with Crippen LogP contribution in [0.5, 0.6) is 0 Å².